The number of aryl methyl sites for hydroxylation is 1. The van der Waals surface area contributed by atoms with E-state index in [1.165, 1.54) is 24.2 Å². The molecule has 2 aromatic heterocycles. The zero-order valence-electron chi connectivity index (χ0n) is 10.8. The van der Waals surface area contributed by atoms with Crippen LogP contribution in [0, 0.1) is 0 Å². The molecule has 0 radical (unpaired) electrons. The zero-order valence-corrected chi connectivity index (χ0v) is 11.6. The summed E-state index contributed by atoms with van der Waals surface area (Å²) in [5, 5.41) is 13.0. The molecule has 2 aromatic rings. The maximum atomic E-state index is 12.1. The van der Waals surface area contributed by atoms with Gasteiger partial charge in [-0.15, -0.1) is 10.2 Å². The third-order valence-corrected chi connectivity index (χ3v) is 4.41. The van der Waals surface area contributed by atoms with E-state index in [-0.39, 0.29) is 5.91 Å². The van der Waals surface area contributed by atoms with Crippen molar-refractivity contribution in [3.63, 3.8) is 0 Å². The molecule has 0 aliphatic carbocycles. The molecule has 3 heterocycles. The Bertz CT molecular complexity index is 527. The summed E-state index contributed by atoms with van der Waals surface area (Å²) >= 11 is 1.50. The fourth-order valence-electron chi connectivity index (χ4n) is 2.39. The minimum atomic E-state index is 0.257. The number of amides is 1. The van der Waals surface area contributed by atoms with E-state index in [0.29, 0.717) is 12.8 Å². The van der Waals surface area contributed by atoms with Crippen LogP contribution in [0.25, 0.3) is 4.96 Å². The van der Waals surface area contributed by atoms with E-state index in [1.807, 2.05) is 4.90 Å². The Labute approximate surface area is 115 Å². The third kappa shape index (κ3) is 2.91. The number of hydrogen-bond donors (Lipinski definition) is 0. The highest BCUT2D eigenvalue weighted by Crippen LogP contribution is 2.15. The average molecular weight is 279 g/mol. The highest BCUT2D eigenvalue weighted by atomic mass is 32.1. The van der Waals surface area contributed by atoms with Crippen LogP contribution in [-0.2, 0) is 11.2 Å². The molecule has 3 rings (SSSR count). The molecule has 0 atom stereocenters. The van der Waals surface area contributed by atoms with Gasteiger partial charge in [-0.2, -0.15) is 9.61 Å². The molecule has 0 aromatic carbocycles. The van der Waals surface area contributed by atoms with Gasteiger partial charge in [0.2, 0.25) is 10.9 Å². The molecule has 0 spiro atoms. The molecule has 1 amide bonds. The van der Waals surface area contributed by atoms with Crippen LogP contribution >= 0.6 is 11.3 Å². The van der Waals surface area contributed by atoms with Crippen LogP contribution in [-0.4, -0.2) is 43.7 Å². The van der Waals surface area contributed by atoms with Crippen molar-refractivity contribution in [1.29, 1.82) is 0 Å². The van der Waals surface area contributed by atoms with Crippen LogP contribution in [0.3, 0.4) is 0 Å². The molecule has 1 aliphatic heterocycles. The lowest BCUT2D eigenvalue weighted by atomic mass is 10.2. The lowest BCUT2D eigenvalue weighted by Crippen LogP contribution is -2.31. The van der Waals surface area contributed by atoms with E-state index >= 15 is 0 Å². The van der Waals surface area contributed by atoms with E-state index in [1.54, 1.807) is 10.8 Å². The summed E-state index contributed by atoms with van der Waals surface area (Å²) in [6, 6.07) is 0. The zero-order chi connectivity index (χ0) is 13.1. The number of fused-ring (bicyclic) bond motifs is 1. The van der Waals surface area contributed by atoms with Gasteiger partial charge >= 0.3 is 0 Å². The first-order valence-electron chi connectivity index (χ1n) is 6.76. The van der Waals surface area contributed by atoms with E-state index in [2.05, 4.69) is 15.3 Å². The number of carbonyl (C=O) groups excluding carboxylic acids is 1. The Kier molecular flexibility index (Phi) is 3.72. The number of likely N-dealkylation sites (tertiary alicyclic amines) is 1. The molecular formula is C12H17N5OS. The van der Waals surface area contributed by atoms with Crippen molar-refractivity contribution in [2.75, 3.05) is 13.1 Å². The molecule has 0 saturated carbocycles. The minimum absolute atomic E-state index is 0.257. The Morgan fingerprint density at radius 3 is 2.79 bits per heavy atom. The van der Waals surface area contributed by atoms with E-state index in [9.17, 15) is 4.79 Å². The van der Waals surface area contributed by atoms with Crippen LogP contribution in [0.4, 0.5) is 0 Å². The molecular weight excluding hydrogens is 262 g/mol. The maximum Gasteiger partial charge on any atom is 0.234 e. The average Bonchev–Trinajstić information content (AvgIpc) is 2.87. The van der Waals surface area contributed by atoms with Crippen molar-refractivity contribution in [3.05, 3.63) is 11.3 Å². The summed E-state index contributed by atoms with van der Waals surface area (Å²) in [5.74, 6) is 0.257. The molecule has 0 bridgehead atoms. The number of carbonyl (C=O) groups is 1. The number of nitrogens with zero attached hydrogens (tertiary/aromatic N) is 5. The van der Waals surface area contributed by atoms with Crippen LogP contribution in [0.5, 0.6) is 0 Å². The van der Waals surface area contributed by atoms with E-state index in [0.717, 1.165) is 35.9 Å². The summed E-state index contributed by atoms with van der Waals surface area (Å²) in [6.45, 7) is 1.84. The first kappa shape index (κ1) is 12.5. The molecule has 0 N–H and O–H groups in total. The molecule has 1 aliphatic rings. The van der Waals surface area contributed by atoms with Gasteiger partial charge in [0, 0.05) is 25.9 Å². The van der Waals surface area contributed by atoms with Gasteiger partial charge in [0.15, 0.2) is 0 Å². The second-order valence-corrected chi connectivity index (χ2v) is 5.89. The van der Waals surface area contributed by atoms with Gasteiger partial charge in [-0.3, -0.25) is 4.79 Å². The molecule has 7 heteroatoms. The van der Waals surface area contributed by atoms with Crippen molar-refractivity contribution in [1.82, 2.24) is 24.7 Å². The van der Waals surface area contributed by atoms with E-state index in [4.69, 9.17) is 0 Å². The molecule has 0 unspecified atom stereocenters. The summed E-state index contributed by atoms with van der Waals surface area (Å²) in [4.78, 5) is 14.9. The Hall–Kier alpha value is -1.50. The van der Waals surface area contributed by atoms with Crippen molar-refractivity contribution in [2.45, 2.75) is 38.5 Å². The summed E-state index contributed by atoms with van der Waals surface area (Å²) in [5.41, 5.74) is 0. The quantitative estimate of drug-likeness (QED) is 0.854. The monoisotopic (exact) mass is 279 g/mol. The number of rotatable bonds is 3. The molecule has 6 nitrogen and oxygen atoms in total. The van der Waals surface area contributed by atoms with Crippen LogP contribution in [0.15, 0.2) is 6.33 Å². The Morgan fingerprint density at radius 2 is 2.05 bits per heavy atom. The Morgan fingerprint density at radius 1 is 1.26 bits per heavy atom. The minimum Gasteiger partial charge on any atom is -0.343 e. The predicted octanol–water partition coefficient (Wildman–Crippen LogP) is 1.52. The van der Waals surface area contributed by atoms with Crippen molar-refractivity contribution in [3.8, 4) is 0 Å². The first-order chi connectivity index (χ1) is 9.33. The van der Waals surface area contributed by atoms with E-state index < -0.39 is 0 Å². The van der Waals surface area contributed by atoms with Gasteiger partial charge in [0.25, 0.3) is 0 Å². The molecule has 102 valence electrons. The topological polar surface area (TPSA) is 63.4 Å². The Balaban J connectivity index is 1.56. The first-order valence-corrected chi connectivity index (χ1v) is 7.58. The van der Waals surface area contributed by atoms with Gasteiger partial charge in [0.05, 0.1) is 0 Å². The van der Waals surface area contributed by atoms with Gasteiger partial charge in [-0.1, -0.05) is 24.2 Å². The fourth-order valence-corrected chi connectivity index (χ4v) is 3.21. The van der Waals surface area contributed by atoms with Crippen molar-refractivity contribution >= 4 is 22.2 Å². The van der Waals surface area contributed by atoms with Gasteiger partial charge in [0.1, 0.15) is 11.3 Å². The predicted molar refractivity (Wildman–Crippen MR) is 72.0 cm³/mol. The SMILES string of the molecule is O=C(CCc1nn2cnnc2s1)N1CCCCCC1. The third-order valence-electron chi connectivity index (χ3n) is 3.44. The van der Waals surface area contributed by atoms with Crippen molar-refractivity contribution < 1.29 is 4.79 Å². The molecule has 1 fully saturated rings. The standard InChI is InChI=1S/C12H17N5OS/c18-11(16-7-3-1-2-4-8-16)6-5-10-15-17-9-13-14-12(17)19-10/h9H,1-8H2. The lowest BCUT2D eigenvalue weighted by molar-refractivity contribution is -0.131. The van der Waals surface area contributed by atoms with Gasteiger partial charge < -0.3 is 4.90 Å². The highest BCUT2D eigenvalue weighted by molar-refractivity contribution is 7.16. The van der Waals surface area contributed by atoms with Gasteiger partial charge in [-0.25, -0.2) is 0 Å². The normalized spacial score (nSPS) is 16.7. The second kappa shape index (κ2) is 5.64. The smallest absolute Gasteiger partial charge is 0.234 e. The highest BCUT2D eigenvalue weighted by Gasteiger charge is 2.16. The summed E-state index contributed by atoms with van der Waals surface area (Å²) in [7, 11) is 0. The largest absolute Gasteiger partial charge is 0.343 e. The summed E-state index contributed by atoms with van der Waals surface area (Å²) < 4.78 is 1.66. The van der Waals surface area contributed by atoms with Crippen LogP contribution < -0.4 is 0 Å². The molecule has 1 saturated heterocycles. The van der Waals surface area contributed by atoms with Gasteiger partial charge in [-0.05, 0) is 12.8 Å². The molecule has 19 heavy (non-hydrogen) atoms. The summed E-state index contributed by atoms with van der Waals surface area (Å²) in [6.07, 6.45) is 7.62. The van der Waals surface area contributed by atoms with Crippen LogP contribution in [0.1, 0.15) is 37.1 Å². The lowest BCUT2D eigenvalue weighted by Gasteiger charge is -2.19. The van der Waals surface area contributed by atoms with Crippen LogP contribution in [0.2, 0.25) is 0 Å². The van der Waals surface area contributed by atoms with Crippen molar-refractivity contribution in [2.24, 2.45) is 0 Å². The second-order valence-electron chi connectivity index (χ2n) is 4.85. The maximum absolute atomic E-state index is 12.1. The fraction of sp³-hybridized carbons (Fsp3) is 0.667. The number of aromatic nitrogens is 4. The number of hydrogen-bond acceptors (Lipinski definition) is 5.